The van der Waals surface area contributed by atoms with E-state index >= 15 is 0 Å². The summed E-state index contributed by atoms with van der Waals surface area (Å²) in [6.45, 7) is 1.71. The Morgan fingerprint density at radius 1 is 1.18 bits per heavy atom. The molecule has 28 heavy (non-hydrogen) atoms. The van der Waals surface area contributed by atoms with Gasteiger partial charge < -0.3 is 19.9 Å². The minimum Gasteiger partial charge on any atom is -0.454 e. The number of carbonyl (C=O) groups excluding carboxylic acids is 2. The maximum atomic E-state index is 13.0. The monoisotopic (exact) mass is 402 g/mol. The van der Waals surface area contributed by atoms with Gasteiger partial charge in [-0.3, -0.25) is 9.69 Å². The van der Waals surface area contributed by atoms with Gasteiger partial charge in [-0.2, -0.15) is 0 Å². The second kappa shape index (κ2) is 7.00. The summed E-state index contributed by atoms with van der Waals surface area (Å²) >= 11 is 5.86. The lowest BCUT2D eigenvalue weighted by Gasteiger charge is -2.23. The lowest BCUT2D eigenvalue weighted by Crippen LogP contribution is -2.46. The van der Waals surface area contributed by atoms with Gasteiger partial charge in [0, 0.05) is 11.4 Å². The second-order valence-electron chi connectivity index (χ2n) is 7.11. The molecule has 4 rings (SSSR count). The number of hydrogen-bond donors (Lipinski definition) is 2. The predicted molar refractivity (Wildman–Crippen MR) is 101 cm³/mol. The Balaban J connectivity index is 1.48. The SMILES string of the molecule is C[C@@]1(Cc2ccc3c(c2)OCO3)NC(=O)N(C[C@@H](O)c2ccc(Cl)cc2)C1=O. The Labute approximate surface area is 166 Å². The molecule has 2 heterocycles. The number of hydrogen-bond acceptors (Lipinski definition) is 5. The number of fused-ring (bicyclic) bond motifs is 1. The van der Waals surface area contributed by atoms with Crippen molar-refractivity contribution in [3.05, 3.63) is 58.6 Å². The fourth-order valence-corrected chi connectivity index (χ4v) is 3.58. The molecule has 3 amide bonds. The molecule has 2 aliphatic heterocycles. The predicted octanol–water partition coefficient (Wildman–Crippen LogP) is 2.66. The first-order chi connectivity index (χ1) is 13.4. The lowest BCUT2D eigenvalue weighted by molar-refractivity contribution is -0.131. The summed E-state index contributed by atoms with van der Waals surface area (Å²) in [4.78, 5) is 26.4. The van der Waals surface area contributed by atoms with Crippen molar-refractivity contribution >= 4 is 23.5 Å². The Morgan fingerprint density at radius 3 is 2.64 bits per heavy atom. The van der Waals surface area contributed by atoms with Crippen molar-refractivity contribution in [2.45, 2.75) is 25.0 Å². The normalized spacial score (nSPS) is 21.8. The Kier molecular flexibility index (Phi) is 4.64. The van der Waals surface area contributed by atoms with Crippen molar-refractivity contribution in [2.75, 3.05) is 13.3 Å². The van der Waals surface area contributed by atoms with E-state index in [1.165, 1.54) is 0 Å². The van der Waals surface area contributed by atoms with Gasteiger partial charge in [0.25, 0.3) is 5.91 Å². The van der Waals surface area contributed by atoms with Crippen LogP contribution in [0.5, 0.6) is 11.5 Å². The van der Waals surface area contributed by atoms with Crippen LogP contribution in [0.4, 0.5) is 4.79 Å². The van der Waals surface area contributed by atoms with Gasteiger partial charge in [0.05, 0.1) is 12.6 Å². The first-order valence-electron chi connectivity index (χ1n) is 8.82. The number of rotatable bonds is 5. The van der Waals surface area contributed by atoms with Gasteiger partial charge >= 0.3 is 6.03 Å². The molecule has 0 spiro atoms. The van der Waals surface area contributed by atoms with E-state index < -0.39 is 17.7 Å². The molecule has 7 nitrogen and oxygen atoms in total. The molecule has 8 heteroatoms. The molecule has 0 unspecified atom stereocenters. The van der Waals surface area contributed by atoms with E-state index in [1.54, 1.807) is 43.3 Å². The highest BCUT2D eigenvalue weighted by molar-refractivity contribution is 6.30. The summed E-state index contributed by atoms with van der Waals surface area (Å²) in [5.74, 6) is 0.888. The van der Waals surface area contributed by atoms with Gasteiger partial charge in [-0.1, -0.05) is 29.8 Å². The highest BCUT2D eigenvalue weighted by atomic mass is 35.5. The van der Waals surface area contributed by atoms with Crippen LogP contribution in [0, 0.1) is 0 Å². The Bertz CT molecular complexity index is 933. The van der Waals surface area contributed by atoms with Crippen molar-refractivity contribution < 1.29 is 24.2 Å². The van der Waals surface area contributed by atoms with E-state index in [9.17, 15) is 14.7 Å². The number of nitrogens with one attached hydrogen (secondary N) is 1. The van der Waals surface area contributed by atoms with Crippen LogP contribution in [0.3, 0.4) is 0 Å². The highest BCUT2D eigenvalue weighted by Gasteiger charge is 2.48. The molecule has 2 aromatic carbocycles. The zero-order valence-corrected chi connectivity index (χ0v) is 15.9. The molecule has 1 fully saturated rings. The molecule has 2 atom stereocenters. The summed E-state index contributed by atoms with van der Waals surface area (Å²) in [6.07, 6.45) is -0.707. The van der Waals surface area contributed by atoms with Crippen LogP contribution in [-0.2, 0) is 11.2 Å². The number of benzene rings is 2. The molecule has 2 aliphatic rings. The van der Waals surface area contributed by atoms with Crippen LogP contribution in [0.25, 0.3) is 0 Å². The van der Waals surface area contributed by atoms with Gasteiger partial charge in [-0.05, 0) is 42.3 Å². The zero-order chi connectivity index (χ0) is 19.9. The molecule has 0 aromatic heterocycles. The van der Waals surface area contributed by atoms with E-state index in [4.69, 9.17) is 21.1 Å². The summed E-state index contributed by atoms with van der Waals surface area (Å²) in [5, 5.41) is 13.7. The lowest BCUT2D eigenvalue weighted by atomic mass is 9.92. The number of urea groups is 1. The van der Waals surface area contributed by atoms with Gasteiger partial charge in [0.1, 0.15) is 5.54 Å². The van der Waals surface area contributed by atoms with Gasteiger partial charge in [0.15, 0.2) is 11.5 Å². The van der Waals surface area contributed by atoms with Gasteiger partial charge in [-0.25, -0.2) is 4.79 Å². The van der Waals surface area contributed by atoms with Crippen molar-refractivity contribution in [2.24, 2.45) is 0 Å². The van der Waals surface area contributed by atoms with E-state index in [1.807, 2.05) is 6.07 Å². The average molecular weight is 403 g/mol. The Morgan fingerprint density at radius 2 is 1.89 bits per heavy atom. The summed E-state index contributed by atoms with van der Waals surface area (Å²) in [7, 11) is 0. The Hall–Kier alpha value is -2.77. The van der Waals surface area contributed by atoms with Gasteiger partial charge in [0.2, 0.25) is 6.79 Å². The van der Waals surface area contributed by atoms with Gasteiger partial charge in [-0.15, -0.1) is 0 Å². The minimum absolute atomic E-state index is 0.136. The minimum atomic E-state index is -1.11. The quantitative estimate of drug-likeness (QED) is 0.751. The van der Waals surface area contributed by atoms with Crippen LogP contribution >= 0.6 is 11.6 Å². The van der Waals surface area contributed by atoms with Crippen molar-refractivity contribution in [1.29, 1.82) is 0 Å². The second-order valence-corrected chi connectivity index (χ2v) is 7.55. The van der Waals surface area contributed by atoms with E-state index in [0.717, 1.165) is 10.5 Å². The first-order valence-corrected chi connectivity index (χ1v) is 9.20. The number of ether oxygens (including phenoxy) is 2. The zero-order valence-electron chi connectivity index (χ0n) is 15.1. The largest absolute Gasteiger partial charge is 0.454 e. The number of amides is 3. The summed E-state index contributed by atoms with van der Waals surface area (Å²) < 4.78 is 10.7. The van der Waals surface area contributed by atoms with Crippen LogP contribution in [-0.4, -0.2) is 40.8 Å². The maximum absolute atomic E-state index is 13.0. The standard InChI is InChI=1S/C20H19ClN2O5/c1-20(9-12-2-7-16-17(8-12)28-11-27-16)18(25)23(19(26)22-20)10-15(24)13-3-5-14(21)6-4-13/h2-8,15,24H,9-11H2,1H3,(H,22,26)/t15-,20+/m1/s1. The van der Waals surface area contributed by atoms with Crippen LogP contribution in [0.2, 0.25) is 5.02 Å². The molecule has 146 valence electrons. The highest BCUT2D eigenvalue weighted by Crippen LogP contribution is 2.34. The maximum Gasteiger partial charge on any atom is 0.325 e. The van der Waals surface area contributed by atoms with E-state index in [-0.39, 0.29) is 19.2 Å². The van der Waals surface area contributed by atoms with Crippen LogP contribution in [0.15, 0.2) is 42.5 Å². The van der Waals surface area contributed by atoms with Crippen LogP contribution < -0.4 is 14.8 Å². The molecule has 1 saturated heterocycles. The molecular formula is C20H19ClN2O5. The average Bonchev–Trinajstić information content (AvgIpc) is 3.20. The summed E-state index contributed by atoms with van der Waals surface area (Å²) in [5.41, 5.74) is 0.305. The molecule has 0 radical (unpaired) electrons. The topological polar surface area (TPSA) is 88.1 Å². The fourth-order valence-electron chi connectivity index (χ4n) is 3.46. The van der Waals surface area contributed by atoms with Crippen LogP contribution in [0.1, 0.15) is 24.2 Å². The number of imide groups is 1. The number of nitrogens with zero attached hydrogens (tertiary/aromatic N) is 1. The van der Waals surface area contributed by atoms with Crippen molar-refractivity contribution in [3.63, 3.8) is 0 Å². The van der Waals surface area contributed by atoms with Crippen molar-refractivity contribution in [1.82, 2.24) is 10.2 Å². The summed E-state index contributed by atoms with van der Waals surface area (Å²) in [6, 6.07) is 11.5. The number of carbonyl (C=O) groups is 2. The smallest absolute Gasteiger partial charge is 0.325 e. The third-order valence-corrected chi connectivity index (χ3v) is 5.20. The van der Waals surface area contributed by atoms with Crippen molar-refractivity contribution in [3.8, 4) is 11.5 Å². The number of halogens is 1. The fraction of sp³-hybridized carbons (Fsp3) is 0.300. The van der Waals surface area contributed by atoms with E-state index in [0.29, 0.717) is 28.5 Å². The molecule has 0 saturated carbocycles. The molecule has 0 bridgehead atoms. The molecular weight excluding hydrogens is 384 g/mol. The first kappa shape index (κ1) is 18.6. The molecule has 0 aliphatic carbocycles. The number of aliphatic hydroxyl groups excluding tert-OH is 1. The number of aliphatic hydroxyl groups is 1. The third-order valence-electron chi connectivity index (χ3n) is 4.95. The molecule has 2 aromatic rings. The molecule has 2 N–H and O–H groups in total. The number of β-amino-alcohol motifs (C(OH)–C–C–N with tert-alkyl or cyclic N) is 1. The van der Waals surface area contributed by atoms with E-state index in [2.05, 4.69) is 5.32 Å². The third kappa shape index (κ3) is 3.39.